The second-order valence-corrected chi connectivity index (χ2v) is 3.41. The molecule has 0 saturated carbocycles. The van der Waals surface area contributed by atoms with Crippen molar-refractivity contribution >= 4 is 0 Å². The molecule has 0 aliphatic carbocycles. The monoisotopic (exact) mass is 206 g/mol. The first-order valence-corrected chi connectivity index (χ1v) is 5.24. The van der Waals surface area contributed by atoms with Crippen LogP contribution in [0.1, 0.15) is 24.0 Å². The average molecular weight is 206 g/mol. The van der Waals surface area contributed by atoms with Crippen molar-refractivity contribution in [3.63, 3.8) is 0 Å². The molecule has 1 aromatic carbocycles. The number of aliphatic hydroxyl groups excluding tert-OH is 1. The van der Waals surface area contributed by atoms with E-state index in [2.05, 4.69) is 6.58 Å². The third-order valence-electron chi connectivity index (χ3n) is 2.24. The van der Waals surface area contributed by atoms with Crippen LogP contribution in [0.4, 0.5) is 0 Å². The van der Waals surface area contributed by atoms with Gasteiger partial charge < -0.3 is 9.84 Å². The Balaban J connectivity index is 2.33. The molecule has 0 atom stereocenters. The molecule has 1 rings (SSSR count). The molecule has 1 aromatic rings. The predicted octanol–water partition coefficient (Wildman–Crippen LogP) is 2.66. The van der Waals surface area contributed by atoms with E-state index in [9.17, 15) is 0 Å². The Morgan fingerprint density at radius 2 is 2.00 bits per heavy atom. The molecule has 0 bridgehead atoms. The van der Waals surface area contributed by atoms with Crippen molar-refractivity contribution < 1.29 is 9.84 Å². The molecular weight excluding hydrogens is 188 g/mol. The van der Waals surface area contributed by atoms with Gasteiger partial charge in [-0.15, -0.1) is 6.58 Å². The van der Waals surface area contributed by atoms with E-state index in [-0.39, 0.29) is 6.61 Å². The van der Waals surface area contributed by atoms with Crippen molar-refractivity contribution in [3.05, 3.63) is 48.0 Å². The molecule has 0 saturated heterocycles. The first kappa shape index (κ1) is 12.0. The van der Waals surface area contributed by atoms with Crippen LogP contribution in [0, 0.1) is 0 Å². The Bertz CT molecular complexity index is 294. The SMILES string of the molecule is C=CCCCOCc1ccccc1CO. The lowest BCUT2D eigenvalue weighted by atomic mass is 10.1. The van der Waals surface area contributed by atoms with E-state index in [0.29, 0.717) is 6.61 Å². The number of aliphatic hydroxyl groups is 1. The van der Waals surface area contributed by atoms with Crippen LogP contribution in [0.15, 0.2) is 36.9 Å². The Kier molecular flexibility index (Phi) is 5.74. The molecule has 2 heteroatoms. The van der Waals surface area contributed by atoms with Crippen molar-refractivity contribution in [1.82, 2.24) is 0 Å². The van der Waals surface area contributed by atoms with Gasteiger partial charge in [0.1, 0.15) is 0 Å². The summed E-state index contributed by atoms with van der Waals surface area (Å²) in [5, 5.41) is 9.09. The third kappa shape index (κ3) is 4.28. The van der Waals surface area contributed by atoms with Gasteiger partial charge in [0.05, 0.1) is 13.2 Å². The number of allylic oxidation sites excluding steroid dienone is 1. The summed E-state index contributed by atoms with van der Waals surface area (Å²) >= 11 is 0. The van der Waals surface area contributed by atoms with E-state index < -0.39 is 0 Å². The average Bonchev–Trinajstić information content (AvgIpc) is 2.29. The smallest absolute Gasteiger partial charge is 0.0720 e. The highest BCUT2D eigenvalue weighted by molar-refractivity contribution is 5.25. The van der Waals surface area contributed by atoms with Gasteiger partial charge in [0.15, 0.2) is 0 Å². The van der Waals surface area contributed by atoms with Crippen LogP contribution in [-0.2, 0) is 18.0 Å². The molecule has 2 nitrogen and oxygen atoms in total. The minimum Gasteiger partial charge on any atom is -0.392 e. The highest BCUT2D eigenvalue weighted by Gasteiger charge is 1.99. The van der Waals surface area contributed by atoms with Gasteiger partial charge in [-0.2, -0.15) is 0 Å². The quantitative estimate of drug-likeness (QED) is 0.549. The van der Waals surface area contributed by atoms with Crippen LogP contribution in [0.25, 0.3) is 0 Å². The van der Waals surface area contributed by atoms with Gasteiger partial charge in [0, 0.05) is 6.61 Å². The Morgan fingerprint density at radius 1 is 1.27 bits per heavy atom. The number of hydrogen-bond acceptors (Lipinski definition) is 2. The van der Waals surface area contributed by atoms with Crippen LogP contribution in [0.2, 0.25) is 0 Å². The minimum absolute atomic E-state index is 0.0756. The molecule has 0 radical (unpaired) electrons. The Hall–Kier alpha value is -1.12. The zero-order valence-electron chi connectivity index (χ0n) is 8.98. The van der Waals surface area contributed by atoms with Gasteiger partial charge in [-0.1, -0.05) is 30.3 Å². The maximum absolute atomic E-state index is 9.09. The zero-order chi connectivity index (χ0) is 10.9. The summed E-state index contributed by atoms with van der Waals surface area (Å²) in [5.74, 6) is 0. The molecule has 82 valence electrons. The van der Waals surface area contributed by atoms with E-state index in [1.807, 2.05) is 30.3 Å². The third-order valence-corrected chi connectivity index (χ3v) is 2.24. The van der Waals surface area contributed by atoms with E-state index in [4.69, 9.17) is 9.84 Å². The van der Waals surface area contributed by atoms with Crippen LogP contribution >= 0.6 is 0 Å². The molecule has 0 aliphatic heterocycles. The van der Waals surface area contributed by atoms with Crippen LogP contribution in [0.5, 0.6) is 0 Å². The Labute approximate surface area is 91.2 Å². The van der Waals surface area contributed by atoms with Gasteiger partial charge in [-0.25, -0.2) is 0 Å². The lowest BCUT2D eigenvalue weighted by Gasteiger charge is -2.07. The summed E-state index contributed by atoms with van der Waals surface area (Å²) in [6.07, 6.45) is 3.89. The standard InChI is InChI=1S/C13H18O2/c1-2-3-6-9-15-11-13-8-5-4-7-12(13)10-14/h2,4-5,7-8,14H,1,3,6,9-11H2. The number of ether oxygens (including phenoxy) is 1. The largest absolute Gasteiger partial charge is 0.392 e. The normalized spacial score (nSPS) is 10.2. The van der Waals surface area contributed by atoms with Crippen molar-refractivity contribution in [2.24, 2.45) is 0 Å². The van der Waals surface area contributed by atoms with Gasteiger partial charge in [-0.05, 0) is 24.0 Å². The second kappa shape index (κ2) is 7.21. The maximum Gasteiger partial charge on any atom is 0.0720 e. The first-order valence-electron chi connectivity index (χ1n) is 5.24. The summed E-state index contributed by atoms with van der Waals surface area (Å²) in [7, 11) is 0. The molecule has 0 heterocycles. The van der Waals surface area contributed by atoms with Gasteiger partial charge in [-0.3, -0.25) is 0 Å². The van der Waals surface area contributed by atoms with Gasteiger partial charge in [0.25, 0.3) is 0 Å². The number of benzene rings is 1. The summed E-state index contributed by atoms with van der Waals surface area (Å²) < 4.78 is 5.51. The van der Waals surface area contributed by atoms with Crippen LogP contribution < -0.4 is 0 Å². The molecular formula is C13H18O2. The van der Waals surface area contributed by atoms with E-state index >= 15 is 0 Å². The molecule has 1 N–H and O–H groups in total. The van der Waals surface area contributed by atoms with Crippen LogP contribution in [-0.4, -0.2) is 11.7 Å². The lowest BCUT2D eigenvalue weighted by molar-refractivity contribution is 0.117. The maximum atomic E-state index is 9.09. The molecule has 0 aliphatic rings. The summed E-state index contributed by atoms with van der Waals surface area (Å²) in [5.41, 5.74) is 2.01. The van der Waals surface area contributed by atoms with Crippen LogP contribution in [0.3, 0.4) is 0 Å². The van der Waals surface area contributed by atoms with E-state index in [1.54, 1.807) is 0 Å². The summed E-state index contributed by atoms with van der Waals surface area (Å²) in [4.78, 5) is 0. The molecule has 0 spiro atoms. The fourth-order valence-corrected chi connectivity index (χ4v) is 1.36. The van der Waals surface area contributed by atoms with Gasteiger partial charge >= 0.3 is 0 Å². The minimum atomic E-state index is 0.0756. The van der Waals surface area contributed by atoms with E-state index in [0.717, 1.165) is 30.6 Å². The Morgan fingerprint density at radius 3 is 2.67 bits per heavy atom. The molecule has 0 aromatic heterocycles. The first-order chi connectivity index (χ1) is 7.38. The van der Waals surface area contributed by atoms with Crippen molar-refractivity contribution in [1.29, 1.82) is 0 Å². The summed E-state index contributed by atoms with van der Waals surface area (Å²) in [6, 6.07) is 7.79. The number of rotatable bonds is 7. The van der Waals surface area contributed by atoms with Crippen molar-refractivity contribution in [3.8, 4) is 0 Å². The molecule has 15 heavy (non-hydrogen) atoms. The van der Waals surface area contributed by atoms with Crippen molar-refractivity contribution in [2.45, 2.75) is 26.1 Å². The highest BCUT2D eigenvalue weighted by Crippen LogP contribution is 2.10. The molecule has 0 fully saturated rings. The lowest BCUT2D eigenvalue weighted by Crippen LogP contribution is -1.99. The van der Waals surface area contributed by atoms with Gasteiger partial charge in [0.2, 0.25) is 0 Å². The fourth-order valence-electron chi connectivity index (χ4n) is 1.36. The molecule has 0 amide bonds. The predicted molar refractivity (Wildman–Crippen MR) is 61.5 cm³/mol. The van der Waals surface area contributed by atoms with E-state index in [1.165, 1.54) is 0 Å². The topological polar surface area (TPSA) is 29.5 Å². The summed E-state index contributed by atoms with van der Waals surface area (Å²) in [6.45, 7) is 5.05. The number of unbranched alkanes of at least 4 members (excludes halogenated alkanes) is 1. The zero-order valence-corrected chi connectivity index (χ0v) is 8.98. The number of hydrogen-bond donors (Lipinski definition) is 1. The highest BCUT2D eigenvalue weighted by atomic mass is 16.5. The fraction of sp³-hybridized carbons (Fsp3) is 0.385. The molecule has 0 unspecified atom stereocenters. The van der Waals surface area contributed by atoms with Crippen molar-refractivity contribution in [2.75, 3.05) is 6.61 Å². The second-order valence-electron chi connectivity index (χ2n) is 3.41.